The van der Waals surface area contributed by atoms with E-state index in [0.717, 1.165) is 0 Å². The molecule has 5 heavy (non-hydrogen) atoms. The molecular formula is C3H9NS+2. The first-order valence-corrected chi connectivity index (χ1v) is 1.34. The summed E-state index contributed by atoms with van der Waals surface area (Å²) in [4.78, 5) is 2.00. The molecule has 0 bridgehead atoms. The third-order valence-corrected chi connectivity index (χ3v) is 0. The predicted molar refractivity (Wildman–Crippen MR) is 27.0 cm³/mol. The van der Waals surface area contributed by atoms with Gasteiger partial charge in [0.25, 0.3) is 0 Å². The summed E-state index contributed by atoms with van der Waals surface area (Å²) in [6.07, 6.45) is 0. The molecule has 0 aromatic heterocycles. The van der Waals surface area contributed by atoms with Crippen molar-refractivity contribution in [1.82, 2.24) is 4.90 Å². The third-order valence-electron chi connectivity index (χ3n) is 0. The van der Waals surface area contributed by atoms with Crippen LogP contribution in [0, 0.1) is 0 Å². The lowest BCUT2D eigenvalue weighted by Crippen LogP contribution is -1.99. The summed E-state index contributed by atoms with van der Waals surface area (Å²) in [5.41, 5.74) is 0. The van der Waals surface area contributed by atoms with E-state index in [9.17, 15) is 0 Å². The van der Waals surface area contributed by atoms with Gasteiger partial charge in [-0.25, -0.2) is 0 Å². The third kappa shape index (κ3) is 239. The minimum atomic E-state index is 0. The van der Waals surface area contributed by atoms with Gasteiger partial charge in [0.1, 0.15) is 0 Å². The average molecular weight is 91.2 g/mol. The zero-order valence-corrected chi connectivity index (χ0v) is 4.67. The fraction of sp³-hybridized carbons (Fsp3) is 1.00. The van der Waals surface area contributed by atoms with Gasteiger partial charge in [-0.05, 0) is 21.1 Å². The van der Waals surface area contributed by atoms with Gasteiger partial charge in [0, 0.05) is 0 Å². The van der Waals surface area contributed by atoms with Crippen molar-refractivity contribution in [3.63, 3.8) is 0 Å². The lowest BCUT2D eigenvalue weighted by molar-refractivity contribution is 0.505. The molecule has 30 valence electrons. The second kappa shape index (κ2) is 4.31. The summed E-state index contributed by atoms with van der Waals surface area (Å²) in [5, 5.41) is 0. The van der Waals surface area contributed by atoms with Gasteiger partial charge in [-0.2, -0.15) is 0 Å². The van der Waals surface area contributed by atoms with Crippen LogP contribution in [-0.4, -0.2) is 26.0 Å². The maximum Gasteiger partial charge on any atom is 2.00 e. The highest BCUT2D eigenvalue weighted by atomic mass is 32.1. The Kier molecular flexibility index (Phi) is 7.76. The second-order valence-electron chi connectivity index (χ2n) is 1.34. The molecule has 0 aliphatic heterocycles. The van der Waals surface area contributed by atoms with Gasteiger partial charge in [-0.3, -0.25) is 0 Å². The van der Waals surface area contributed by atoms with Crippen molar-refractivity contribution < 1.29 is 0 Å². The van der Waals surface area contributed by atoms with Crippen LogP contribution in [0.3, 0.4) is 0 Å². The molecule has 0 fully saturated rings. The van der Waals surface area contributed by atoms with Gasteiger partial charge in [0.15, 0.2) is 0 Å². The zero-order chi connectivity index (χ0) is 3.58. The molecule has 2 heteroatoms. The highest BCUT2D eigenvalue weighted by Gasteiger charge is 2.00. The maximum absolute atomic E-state index is 2.00. The summed E-state index contributed by atoms with van der Waals surface area (Å²) < 4.78 is 0. The van der Waals surface area contributed by atoms with Crippen molar-refractivity contribution >= 4 is 13.5 Å². The maximum atomic E-state index is 2.00. The number of nitrogens with zero attached hydrogens (tertiary/aromatic N) is 1. The summed E-state index contributed by atoms with van der Waals surface area (Å²) >= 11 is 0. The van der Waals surface area contributed by atoms with Crippen LogP contribution in [0.25, 0.3) is 0 Å². The Morgan fingerprint density at radius 3 is 1.00 bits per heavy atom. The Labute approximate surface area is 40.4 Å². The summed E-state index contributed by atoms with van der Waals surface area (Å²) in [6.45, 7) is 0. The van der Waals surface area contributed by atoms with Gasteiger partial charge >= 0.3 is 13.5 Å². The van der Waals surface area contributed by atoms with Crippen molar-refractivity contribution in [3.05, 3.63) is 0 Å². The standard InChI is InChI=1S/C3H9N.S/c1-4(2)3;/h1-3H3;/q;+2. The fourth-order valence-electron chi connectivity index (χ4n) is 0. The van der Waals surface area contributed by atoms with Crippen LogP contribution >= 0.6 is 0 Å². The minimum Gasteiger partial charge on any atom is -0.312 e. The molecule has 0 spiro atoms. The highest BCUT2D eigenvalue weighted by Crippen LogP contribution is 1.47. The quantitative estimate of drug-likeness (QED) is 0.411. The molecule has 0 aliphatic carbocycles. The molecule has 0 amide bonds. The Hall–Kier alpha value is 0.310. The lowest BCUT2D eigenvalue weighted by Gasteiger charge is -1.90. The van der Waals surface area contributed by atoms with Crippen LogP contribution in [0.1, 0.15) is 0 Å². The van der Waals surface area contributed by atoms with Gasteiger partial charge in [0.2, 0.25) is 0 Å². The van der Waals surface area contributed by atoms with E-state index in [1.54, 1.807) is 0 Å². The topological polar surface area (TPSA) is 3.24 Å². The van der Waals surface area contributed by atoms with Crippen LogP contribution < -0.4 is 0 Å². The van der Waals surface area contributed by atoms with Crippen molar-refractivity contribution in [3.8, 4) is 0 Å². The average Bonchev–Trinajstić information content (AvgIpc) is 0.811. The van der Waals surface area contributed by atoms with Crippen molar-refractivity contribution in [1.29, 1.82) is 0 Å². The summed E-state index contributed by atoms with van der Waals surface area (Å²) in [6, 6.07) is 0. The number of hydrogen-bond donors (Lipinski definition) is 0. The normalized spacial score (nSPS) is 7.20. The SMILES string of the molecule is CN(C)C.[S+2]. The molecule has 0 saturated heterocycles. The molecular weight excluding hydrogens is 82.1 g/mol. The lowest BCUT2D eigenvalue weighted by atomic mass is 11.0. The Bertz CT molecular complexity index is 11.6. The molecule has 4 radical (unpaired) electrons. The largest absolute Gasteiger partial charge is 2.00 e. The molecule has 0 N–H and O–H groups in total. The number of rotatable bonds is 0. The van der Waals surface area contributed by atoms with Crippen molar-refractivity contribution in [2.24, 2.45) is 0 Å². The van der Waals surface area contributed by atoms with Crippen LogP contribution in [0.5, 0.6) is 0 Å². The van der Waals surface area contributed by atoms with Crippen LogP contribution in [0.2, 0.25) is 0 Å². The molecule has 0 saturated carbocycles. The van der Waals surface area contributed by atoms with E-state index in [-0.39, 0.29) is 13.5 Å². The van der Waals surface area contributed by atoms with E-state index in [2.05, 4.69) is 0 Å². The molecule has 0 unspecified atom stereocenters. The first kappa shape index (κ1) is 9.00. The molecule has 0 aromatic carbocycles. The Balaban J connectivity index is 0. The van der Waals surface area contributed by atoms with E-state index < -0.39 is 0 Å². The molecule has 0 heterocycles. The van der Waals surface area contributed by atoms with E-state index in [0.29, 0.717) is 0 Å². The van der Waals surface area contributed by atoms with Crippen LogP contribution in [-0.2, 0) is 13.5 Å². The highest BCUT2D eigenvalue weighted by molar-refractivity contribution is 7.37. The number of hydrogen-bond acceptors (Lipinski definition) is 1. The van der Waals surface area contributed by atoms with Crippen LogP contribution in [0.4, 0.5) is 0 Å². The molecule has 0 rings (SSSR count). The second-order valence-corrected chi connectivity index (χ2v) is 1.34. The monoisotopic (exact) mass is 91.0 g/mol. The van der Waals surface area contributed by atoms with Gasteiger partial charge in [-0.15, -0.1) is 0 Å². The molecule has 1 nitrogen and oxygen atoms in total. The van der Waals surface area contributed by atoms with Crippen molar-refractivity contribution in [2.75, 3.05) is 21.1 Å². The zero-order valence-electron chi connectivity index (χ0n) is 3.86. The summed E-state index contributed by atoms with van der Waals surface area (Å²) in [5.74, 6) is 0. The smallest absolute Gasteiger partial charge is 0.312 e. The van der Waals surface area contributed by atoms with E-state index in [1.807, 2.05) is 26.0 Å². The van der Waals surface area contributed by atoms with Gasteiger partial charge < -0.3 is 4.90 Å². The first-order valence-electron chi connectivity index (χ1n) is 1.34. The van der Waals surface area contributed by atoms with Crippen molar-refractivity contribution in [2.45, 2.75) is 0 Å². The van der Waals surface area contributed by atoms with Gasteiger partial charge in [0.05, 0.1) is 0 Å². The Morgan fingerprint density at radius 1 is 1.00 bits per heavy atom. The predicted octanol–water partition coefficient (Wildman–Crippen LogP) is 0.175. The van der Waals surface area contributed by atoms with Crippen LogP contribution in [0.15, 0.2) is 0 Å². The minimum absolute atomic E-state index is 0. The van der Waals surface area contributed by atoms with E-state index in [4.69, 9.17) is 0 Å². The fourth-order valence-corrected chi connectivity index (χ4v) is 0. The first-order chi connectivity index (χ1) is 1.73. The summed E-state index contributed by atoms with van der Waals surface area (Å²) in [7, 11) is 6.00. The van der Waals surface area contributed by atoms with Gasteiger partial charge in [-0.1, -0.05) is 0 Å². The van der Waals surface area contributed by atoms with E-state index >= 15 is 0 Å². The van der Waals surface area contributed by atoms with E-state index in [1.165, 1.54) is 0 Å². The molecule has 0 atom stereocenters. The molecule has 0 aromatic rings. The Morgan fingerprint density at radius 2 is 1.00 bits per heavy atom. The molecule has 0 aliphatic rings.